The summed E-state index contributed by atoms with van der Waals surface area (Å²) in [6, 6.07) is 4.12. The molecule has 1 saturated carbocycles. The van der Waals surface area contributed by atoms with Gasteiger partial charge in [0.1, 0.15) is 5.82 Å². The number of benzene rings is 2. The molecule has 8 nitrogen and oxygen atoms in total. The minimum atomic E-state index is -5.10. The highest BCUT2D eigenvalue weighted by atomic mass is 19.4. The van der Waals surface area contributed by atoms with Gasteiger partial charge in [0.05, 0.1) is 17.2 Å². The number of rotatable bonds is 5. The van der Waals surface area contributed by atoms with Crippen LogP contribution in [0.3, 0.4) is 0 Å². The van der Waals surface area contributed by atoms with Crippen LogP contribution in [0.5, 0.6) is 0 Å². The van der Waals surface area contributed by atoms with E-state index in [1.807, 2.05) is 0 Å². The van der Waals surface area contributed by atoms with E-state index in [4.69, 9.17) is 5.11 Å². The first kappa shape index (κ1) is 30.9. The summed E-state index contributed by atoms with van der Waals surface area (Å²) in [4.78, 5) is 40.8. The van der Waals surface area contributed by atoms with E-state index in [0.717, 1.165) is 11.9 Å². The SMILES string of the molecule is CN(C(=O)N(C)[C@@H]1CN(C(=O)C2CC(NC(=O)O)C2)C[C@H]1c1ccc(F)cc1)c1cc(C(F)(F)F)cc(C(F)(F)F)c1. The van der Waals surface area contributed by atoms with Crippen LogP contribution in [-0.4, -0.2) is 72.2 Å². The van der Waals surface area contributed by atoms with E-state index in [1.165, 1.54) is 36.2 Å². The molecule has 0 bridgehead atoms. The van der Waals surface area contributed by atoms with E-state index in [2.05, 4.69) is 5.32 Å². The summed E-state index contributed by atoms with van der Waals surface area (Å²) in [5.41, 5.74) is -3.22. The van der Waals surface area contributed by atoms with Crippen LogP contribution in [0.15, 0.2) is 42.5 Å². The molecular weight excluding hydrogens is 577 g/mol. The summed E-state index contributed by atoms with van der Waals surface area (Å²) < 4.78 is 94.0. The Balaban J connectivity index is 1.59. The van der Waals surface area contributed by atoms with Crippen molar-refractivity contribution in [1.82, 2.24) is 15.1 Å². The third-order valence-corrected chi connectivity index (χ3v) is 7.76. The lowest BCUT2D eigenvalue weighted by Gasteiger charge is -2.36. The van der Waals surface area contributed by atoms with Crippen molar-refractivity contribution in [2.24, 2.45) is 5.92 Å². The van der Waals surface area contributed by atoms with Crippen molar-refractivity contribution in [2.75, 3.05) is 32.1 Å². The van der Waals surface area contributed by atoms with Crippen molar-refractivity contribution in [3.63, 3.8) is 0 Å². The fourth-order valence-electron chi connectivity index (χ4n) is 5.39. The summed E-state index contributed by atoms with van der Waals surface area (Å²) >= 11 is 0. The predicted octanol–water partition coefficient (Wildman–Crippen LogP) is 5.39. The van der Waals surface area contributed by atoms with Crippen LogP contribution in [0, 0.1) is 11.7 Å². The van der Waals surface area contributed by atoms with Crippen molar-refractivity contribution in [2.45, 2.75) is 43.2 Å². The average molecular weight is 605 g/mol. The highest BCUT2D eigenvalue weighted by Crippen LogP contribution is 2.39. The molecule has 4 rings (SSSR count). The van der Waals surface area contributed by atoms with Crippen LogP contribution in [0.4, 0.5) is 46.0 Å². The Morgan fingerprint density at radius 2 is 1.45 bits per heavy atom. The molecule has 0 unspecified atom stereocenters. The largest absolute Gasteiger partial charge is 0.465 e. The molecule has 1 aliphatic carbocycles. The number of hydrogen-bond donors (Lipinski definition) is 2. The molecule has 15 heteroatoms. The Hall–Kier alpha value is -4.04. The molecule has 2 aromatic rings. The number of carbonyl (C=O) groups excluding carboxylic acids is 2. The second kappa shape index (κ2) is 11.3. The molecule has 0 radical (unpaired) electrons. The lowest BCUT2D eigenvalue weighted by molar-refractivity contribution is -0.143. The number of carbonyl (C=O) groups is 3. The highest BCUT2D eigenvalue weighted by molar-refractivity contribution is 5.92. The van der Waals surface area contributed by atoms with Crippen molar-refractivity contribution in [3.8, 4) is 0 Å². The first-order valence-electron chi connectivity index (χ1n) is 12.8. The lowest BCUT2D eigenvalue weighted by atomic mass is 9.79. The molecule has 1 aliphatic heterocycles. The number of likely N-dealkylation sites (tertiary alicyclic amines) is 1. The van der Waals surface area contributed by atoms with Gasteiger partial charge in [-0.2, -0.15) is 26.3 Å². The minimum absolute atomic E-state index is 0.0130. The predicted molar refractivity (Wildman–Crippen MR) is 135 cm³/mol. The maximum absolute atomic E-state index is 13.6. The van der Waals surface area contributed by atoms with Gasteiger partial charge in [0.25, 0.3) is 0 Å². The van der Waals surface area contributed by atoms with Gasteiger partial charge in [0, 0.05) is 50.7 Å². The Kier molecular flexibility index (Phi) is 8.33. The number of nitrogens with zero attached hydrogens (tertiary/aromatic N) is 3. The Bertz CT molecular complexity index is 1310. The average Bonchev–Trinajstić information content (AvgIpc) is 3.33. The number of hydrogen-bond acceptors (Lipinski definition) is 3. The fourth-order valence-corrected chi connectivity index (χ4v) is 5.39. The van der Waals surface area contributed by atoms with Gasteiger partial charge in [-0.15, -0.1) is 0 Å². The molecule has 1 heterocycles. The summed E-state index contributed by atoms with van der Waals surface area (Å²) in [6.45, 7) is 0.0899. The van der Waals surface area contributed by atoms with Crippen molar-refractivity contribution in [1.29, 1.82) is 0 Å². The lowest BCUT2D eigenvalue weighted by Crippen LogP contribution is -2.50. The first-order valence-corrected chi connectivity index (χ1v) is 12.8. The summed E-state index contributed by atoms with van der Waals surface area (Å²) in [5, 5.41) is 11.2. The van der Waals surface area contributed by atoms with E-state index >= 15 is 0 Å². The van der Waals surface area contributed by atoms with E-state index in [-0.39, 0.29) is 43.9 Å². The van der Waals surface area contributed by atoms with Crippen LogP contribution in [0.2, 0.25) is 0 Å². The zero-order valence-electron chi connectivity index (χ0n) is 22.3. The second-order valence-corrected chi connectivity index (χ2v) is 10.5. The van der Waals surface area contributed by atoms with Crippen molar-refractivity contribution in [3.05, 3.63) is 65.0 Å². The van der Waals surface area contributed by atoms with Crippen LogP contribution >= 0.6 is 0 Å². The number of amides is 4. The number of nitrogens with one attached hydrogen (secondary N) is 1. The summed E-state index contributed by atoms with van der Waals surface area (Å²) in [6.07, 6.45) is -10.9. The van der Waals surface area contributed by atoms with Gasteiger partial charge in [0.15, 0.2) is 0 Å². The van der Waals surface area contributed by atoms with Crippen LogP contribution in [0.25, 0.3) is 0 Å². The molecule has 2 N–H and O–H groups in total. The maximum atomic E-state index is 13.6. The molecule has 4 amide bonds. The van der Waals surface area contributed by atoms with Gasteiger partial charge in [0.2, 0.25) is 5.91 Å². The monoisotopic (exact) mass is 604 g/mol. The molecule has 2 aromatic carbocycles. The van der Waals surface area contributed by atoms with Crippen LogP contribution in [0.1, 0.15) is 35.4 Å². The van der Waals surface area contributed by atoms with E-state index in [1.54, 1.807) is 0 Å². The van der Waals surface area contributed by atoms with E-state index < -0.39 is 65.0 Å². The number of carboxylic acid groups (broad SMARTS) is 1. The number of alkyl halides is 6. The van der Waals surface area contributed by atoms with Gasteiger partial charge in [-0.25, -0.2) is 14.0 Å². The van der Waals surface area contributed by atoms with Crippen LogP contribution in [-0.2, 0) is 17.1 Å². The van der Waals surface area contributed by atoms with E-state index in [0.29, 0.717) is 22.6 Å². The van der Waals surface area contributed by atoms with Gasteiger partial charge in [-0.3, -0.25) is 9.69 Å². The molecule has 228 valence electrons. The van der Waals surface area contributed by atoms with Gasteiger partial charge < -0.3 is 20.2 Å². The van der Waals surface area contributed by atoms with Gasteiger partial charge >= 0.3 is 24.5 Å². The zero-order chi connectivity index (χ0) is 31.1. The molecule has 42 heavy (non-hydrogen) atoms. The summed E-state index contributed by atoms with van der Waals surface area (Å²) in [5.74, 6) is -1.84. The van der Waals surface area contributed by atoms with Crippen molar-refractivity contribution < 1.29 is 50.2 Å². The Morgan fingerprint density at radius 3 is 1.95 bits per heavy atom. The molecule has 2 aliphatic rings. The topological polar surface area (TPSA) is 93.2 Å². The molecule has 0 spiro atoms. The quantitative estimate of drug-likeness (QED) is 0.448. The smallest absolute Gasteiger partial charge is 0.416 e. The number of urea groups is 1. The normalized spacial score (nSPS) is 22.4. The number of halogens is 7. The first-order chi connectivity index (χ1) is 19.5. The Morgan fingerprint density at radius 1 is 0.905 bits per heavy atom. The minimum Gasteiger partial charge on any atom is -0.465 e. The van der Waals surface area contributed by atoms with Crippen molar-refractivity contribution >= 4 is 23.7 Å². The Labute approximate surface area is 235 Å². The zero-order valence-corrected chi connectivity index (χ0v) is 22.3. The molecule has 2 fully saturated rings. The molecule has 0 aromatic heterocycles. The molecular formula is C27H27F7N4O4. The molecule has 2 atom stereocenters. The van der Waals surface area contributed by atoms with Crippen LogP contribution < -0.4 is 10.2 Å². The molecule has 1 saturated heterocycles. The van der Waals surface area contributed by atoms with E-state index in [9.17, 15) is 45.1 Å². The van der Waals surface area contributed by atoms with Gasteiger partial charge in [-0.1, -0.05) is 12.1 Å². The maximum Gasteiger partial charge on any atom is 0.416 e. The standard InChI is InChI=1S/C27H27F7N4O4/c1-36(20-10-16(26(29,30)31)9-17(11-20)27(32,33)34)25(42)37(2)22-13-38(12-21(22)14-3-5-18(28)6-4-14)23(39)15-7-19(8-15)35-24(40)41/h3-6,9-11,15,19,21-22,35H,7-8,12-13H2,1-2H3,(H,40,41)/t15?,19?,21-,22+/m0/s1. The third-order valence-electron chi connectivity index (χ3n) is 7.76. The number of likely N-dealkylation sites (N-methyl/N-ethyl adjacent to an activating group) is 1. The summed E-state index contributed by atoms with van der Waals surface area (Å²) in [7, 11) is 2.37. The number of anilines is 1. The van der Waals surface area contributed by atoms with Gasteiger partial charge in [-0.05, 0) is 48.7 Å². The highest BCUT2D eigenvalue weighted by Gasteiger charge is 2.45. The fraction of sp³-hybridized carbons (Fsp3) is 0.444. The third kappa shape index (κ3) is 6.54. The second-order valence-electron chi connectivity index (χ2n) is 10.5.